The van der Waals surface area contributed by atoms with Crippen molar-refractivity contribution in [3.05, 3.63) is 75.7 Å². The first-order valence-electron chi connectivity index (χ1n) is 11.3. The van der Waals surface area contributed by atoms with Crippen molar-refractivity contribution in [3.8, 4) is 0 Å². The Hall–Kier alpha value is -3.20. The van der Waals surface area contributed by atoms with Gasteiger partial charge < -0.3 is 4.90 Å². The van der Waals surface area contributed by atoms with Gasteiger partial charge in [0.2, 0.25) is 0 Å². The van der Waals surface area contributed by atoms with E-state index in [1.54, 1.807) is 35.2 Å². The highest BCUT2D eigenvalue weighted by Gasteiger charge is 2.31. The zero-order valence-corrected chi connectivity index (χ0v) is 19.2. The van der Waals surface area contributed by atoms with Crippen molar-refractivity contribution < 1.29 is 18.0 Å². The Kier molecular flexibility index (Phi) is 6.74. The second kappa shape index (κ2) is 9.58. The van der Waals surface area contributed by atoms with Crippen LogP contribution in [0.1, 0.15) is 35.5 Å². The van der Waals surface area contributed by atoms with Crippen LogP contribution in [0, 0.1) is 5.92 Å². The van der Waals surface area contributed by atoms with Crippen LogP contribution in [0.3, 0.4) is 0 Å². The Labute approximate surface area is 195 Å². The highest BCUT2D eigenvalue weighted by atomic mass is 19.4. The van der Waals surface area contributed by atoms with E-state index in [-0.39, 0.29) is 23.1 Å². The van der Waals surface area contributed by atoms with E-state index in [4.69, 9.17) is 0 Å². The van der Waals surface area contributed by atoms with Crippen LogP contribution in [0.4, 0.5) is 13.2 Å². The van der Waals surface area contributed by atoms with Crippen LogP contribution < -0.4 is 5.56 Å². The quantitative estimate of drug-likeness (QED) is 0.563. The van der Waals surface area contributed by atoms with Crippen LogP contribution in [0.15, 0.2) is 53.3 Å². The number of hydrogen-bond donors (Lipinski definition) is 0. The topological polar surface area (TPSA) is 58.4 Å². The van der Waals surface area contributed by atoms with E-state index in [2.05, 4.69) is 5.10 Å². The number of carbonyl (C=O) groups excluding carboxylic acids is 1. The summed E-state index contributed by atoms with van der Waals surface area (Å²) in [6, 6.07) is 12.3. The number of piperazine rings is 1. The molecule has 0 bridgehead atoms. The molecule has 180 valence electrons. The van der Waals surface area contributed by atoms with E-state index in [1.165, 1.54) is 16.8 Å². The lowest BCUT2D eigenvalue weighted by Gasteiger charge is -2.34. The average molecular weight is 473 g/mol. The number of rotatable bonds is 5. The van der Waals surface area contributed by atoms with Gasteiger partial charge in [0.15, 0.2) is 5.69 Å². The van der Waals surface area contributed by atoms with Crippen LogP contribution >= 0.6 is 0 Å². The molecule has 0 N–H and O–H groups in total. The molecule has 4 rings (SSSR count). The molecule has 1 fully saturated rings. The largest absolute Gasteiger partial charge is 0.416 e. The molecular formula is C25H27F3N4O2. The first-order valence-corrected chi connectivity index (χ1v) is 11.3. The predicted molar refractivity (Wildman–Crippen MR) is 123 cm³/mol. The summed E-state index contributed by atoms with van der Waals surface area (Å²) in [6.45, 7) is 6.68. The molecule has 0 spiro atoms. The number of fused-ring (bicyclic) bond motifs is 1. The maximum Gasteiger partial charge on any atom is 0.416 e. The van der Waals surface area contributed by atoms with Crippen molar-refractivity contribution >= 4 is 16.7 Å². The summed E-state index contributed by atoms with van der Waals surface area (Å²) in [5.74, 6) is -0.0545. The number of alkyl halides is 3. The SMILES string of the molecule is CC(C)Cn1nc(C(=O)N2CCN(Cc3cccc(C(F)(F)F)c3)CC2)c2ccccc2c1=O. The number of amides is 1. The molecule has 6 nitrogen and oxygen atoms in total. The summed E-state index contributed by atoms with van der Waals surface area (Å²) in [4.78, 5) is 29.9. The Bertz CT molecular complexity index is 1240. The van der Waals surface area contributed by atoms with Crippen molar-refractivity contribution in [2.24, 2.45) is 5.92 Å². The lowest BCUT2D eigenvalue weighted by atomic mass is 10.1. The molecule has 3 aromatic rings. The van der Waals surface area contributed by atoms with E-state index in [1.807, 2.05) is 18.7 Å². The Morgan fingerprint density at radius 3 is 2.32 bits per heavy atom. The molecular weight excluding hydrogens is 445 g/mol. The van der Waals surface area contributed by atoms with Gasteiger partial charge in [0, 0.05) is 44.7 Å². The minimum Gasteiger partial charge on any atom is -0.335 e. The van der Waals surface area contributed by atoms with Crippen molar-refractivity contribution in [1.29, 1.82) is 0 Å². The number of benzene rings is 2. The zero-order chi connectivity index (χ0) is 24.5. The molecule has 34 heavy (non-hydrogen) atoms. The molecule has 9 heteroatoms. The number of carbonyl (C=O) groups is 1. The van der Waals surface area contributed by atoms with Crippen molar-refractivity contribution in [2.45, 2.75) is 33.1 Å². The molecule has 0 saturated carbocycles. The molecule has 2 aromatic carbocycles. The van der Waals surface area contributed by atoms with Gasteiger partial charge in [0.1, 0.15) is 0 Å². The predicted octanol–water partition coefficient (Wildman–Crippen LogP) is 4.03. The first kappa shape index (κ1) is 23.9. The second-order valence-electron chi connectivity index (χ2n) is 9.04. The minimum atomic E-state index is -4.37. The maximum absolute atomic E-state index is 13.4. The summed E-state index contributed by atoms with van der Waals surface area (Å²) >= 11 is 0. The van der Waals surface area contributed by atoms with Crippen LogP contribution in [0.25, 0.3) is 10.8 Å². The highest BCUT2D eigenvalue weighted by molar-refractivity contribution is 6.04. The highest BCUT2D eigenvalue weighted by Crippen LogP contribution is 2.30. The van der Waals surface area contributed by atoms with Crippen LogP contribution in [-0.2, 0) is 19.3 Å². The summed E-state index contributed by atoms with van der Waals surface area (Å²) in [5.41, 5.74) is -0.0368. The normalized spacial score (nSPS) is 15.3. The first-order chi connectivity index (χ1) is 16.1. The smallest absolute Gasteiger partial charge is 0.335 e. The third-order valence-corrected chi connectivity index (χ3v) is 5.93. The van der Waals surface area contributed by atoms with E-state index in [9.17, 15) is 22.8 Å². The van der Waals surface area contributed by atoms with Gasteiger partial charge in [-0.1, -0.05) is 50.2 Å². The summed E-state index contributed by atoms with van der Waals surface area (Å²) < 4.78 is 40.4. The van der Waals surface area contributed by atoms with Crippen molar-refractivity contribution in [1.82, 2.24) is 19.6 Å². The van der Waals surface area contributed by atoms with Crippen LogP contribution in [0.2, 0.25) is 0 Å². The maximum atomic E-state index is 13.4. The summed E-state index contributed by atoms with van der Waals surface area (Å²) in [6.07, 6.45) is -4.37. The molecule has 1 aliphatic heterocycles. The van der Waals surface area contributed by atoms with Gasteiger partial charge in [-0.25, -0.2) is 4.68 Å². The Morgan fingerprint density at radius 2 is 1.68 bits per heavy atom. The lowest BCUT2D eigenvalue weighted by Crippen LogP contribution is -2.48. The third kappa shape index (κ3) is 5.14. The van der Waals surface area contributed by atoms with Gasteiger partial charge in [0.05, 0.1) is 10.9 Å². The number of hydrogen-bond acceptors (Lipinski definition) is 4. The molecule has 1 aliphatic rings. The molecule has 0 unspecified atom stereocenters. The van der Waals surface area contributed by atoms with E-state index >= 15 is 0 Å². The molecule has 1 amide bonds. The monoisotopic (exact) mass is 472 g/mol. The van der Waals surface area contributed by atoms with E-state index in [0.29, 0.717) is 55.6 Å². The fourth-order valence-corrected chi connectivity index (χ4v) is 4.23. The fourth-order valence-electron chi connectivity index (χ4n) is 4.23. The number of aromatic nitrogens is 2. The van der Waals surface area contributed by atoms with E-state index < -0.39 is 11.7 Å². The lowest BCUT2D eigenvalue weighted by molar-refractivity contribution is -0.137. The molecule has 1 aromatic heterocycles. The summed E-state index contributed by atoms with van der Waals surface area (Å²) in [5, 5.41) is 5.42. The third-order valence-electron chi connectivity index (χ3n) is 5.93. The standard InChI is InChI=1S/C25H27F3N4O2/c1-17(2)15-32-23(33)21-9-4-3-8-20(21)22(29-32)24(34)31-12-10-30(11-13-31)16-18-6-5-7-19(14-18)25(26,27)28/h3-9,14,17H,10-13,15-16H2,1-2H3. The van der Waals surface area contributed by atoms with Crippen LogP contribution in [-0.4, -0.2) is 51.7 Å². The van der Waals surface area contributed by atoms with Crippen molar-refractivity contribution in [3.63, 3.8) is 0 Å². The second-order valence-corrected chi connectivity index (χ2v) is 9.04. The van der Waals surface area contributed by atoms with Gasteiger partial charge in [-0.2, -0.15) is 18.3 Å². The van der Waals surface area contributed by atoms with Gasteiger partial charge in [-0.15, -0.1) is 0 Å². The molecule has 1 saturated heterocycles. The zero-order valence-electron chi connectivity index (χ0n) is 19.2. The van der Waals surface area contributed by atoms with Gasteiger partial charge >= 0.3 is 6.18 Å². The number of nitrogens with zero attached hydrogens (tertiary/aromatic N) is 4. The molecule has 0 aliphatic carbocycles. The average Bonchev–Trinajstić information content (AvgIpc) is 2.80. The van der Waals surface area contributed by atoms with Crippen molar-refractivity contribution in [2.75, 3.05) is 26.2 Å². The molecule has 0 radical (unpaired) electrons. The van der Waals surface area contributed by atoms with Gasteiger partial charge in [-0.05, 0) is 23.6 Å². The Morgan fingerprint density at radius 1 is 1.00 bits per heavy atom. The van der Waals surface area contributed by atoms with Gasteiger partial charge in [0.25, 0.3) is 11.5 Å². The van der Waals surface area contributed by atoms with Gasteiger partial charge in [-0.3, -0.25) is 14.5 Å². The number of halogens is 3. The Balaban J connectivity index is 1.50. The fraction of sp³-hybridized carbons (Fsp3) is 0.400. The molecule has 2 heterocycles. The van der Waals surface area contributed by atoms with Crippen LogP contribution in [0.5, 0.6) is 0 Å². The summed E-state index contributed by atoms with van der Waals surface area (Å²) in [7, 11) is 0. The molecule has 0 atom stereocenters. The van der Waals surface area contributed by atoms with E-state index in [0.717, 1.165) is 6.07 Å². The minimum absolute atomic E-state index is 0.189.